The number of hydrogen-bond acceptors (Lipinski definition) is 2. The summed E-state index contributed by atoms with van der Waals surface area (Å²) in [5.41, 5.74) is 0. The van der Waals surface area contributed by atoms with Crippen molar-refractivity contribution in [2.75, 3.05) is 7.05 Å². The van der Waals surface area contributed by atoms with Gasteiger partial charge < -0.3 is 10.1 Å². The monoisotopic (exact) mass is 237 g/mol. The Morgan fingerprint density at radius 2 is 2.12 bits per heavy atom. The summed E-state index contributed by atoms with van der Waals surface area (Å²) in [6, 6.07) is 9.02. The van der Waals surface area contributed by atoms with E-state index in [2.05, 4.69) is 31.4 Å². The van der Waals surface area contributed by atoms with Crippen molar-refractivity contribution in [3.8, 4) is 5.75 Å². The zero-order valence-electron chi connectivity index (χ0n) is 10.3. The Balaban J connectivity index is 2.91. The van der Waals surface area contributed by atoms with Gasteiger partial charge in [0.25, 0.3) is 0 Å². The van der Waals surface area contributed by atoms with Crippen LogP contribution in [0.1, 0.15) is 6.92 Å². The maximum atomic E-state index is 11.1. The highest BCUT2D eigenvalue weighted by Crippen LogP contribution is 2.14. The molecule has 0 aliphatic carbocycles. The van der Waals surface area contributed by atoms with Crippen LogP contribution >= 0.6 is 0 Å². The fraction of sp³-hybridized carbons (Fsp3) is 0.417. The van der Waals surface area contributed by atoms with Crippen LogP contribution in [-0.4, -0.2) is 21.2 Å². The average molecular weight is 237 g/mol. The Bertz CT molecular complexity index is 377. The molecular formula is C12H19NO2Si. The van der Waals surface area contributed by atoms with Crippen LogP contribution in [0.25, 0.3) is 0 Å². The second-order valence-electron chi connectivity index (χ2n) is 4.40. The molecule has 0 saturated carbocycles. The SMILES string of the molecule is CC[Si](C)(C)c1cccc(OC(=O)NC)c1. The molecule has 0 bridgehead atoms. The molecule has 0 heterocycles. The van der Waals surface area contributed by atoms with Gasteiger partial charge in [-0.1, -0.05) is 43.4 Å². The number of ether oxygens (including phenoxy) is 1. The van der Waals surface area contributed by atoms with Crippen LogP contribution in [0.4, 0.5) is 4.79 Å². The Hall–Kier alpha value is -1.29. The molecule has 0 aliphatic rings. The van der Waals surface area contributed by atoms with E-state index in [0.717, 1.165) is 0 Å². The van der Waals surface area contributed by atoms with Gasteiger partial charge in [-0.2, -0.15) is 0 Å². The normalized spacial score (nSPS) is 11.0. The summed E-state index contributed by atoms with van der Waals surface area (Å²) < 4.78 is 5.12. The number of nitrogens with one attached hydrogen (secondary N) is 1. The molecule has 3 nitrogen and oxygen atoms in total. The lowest BCUT2D eigenvalue weighted by atomic mass is 10.3. The van der Waals surface area contributed by atoms with Crippen molar-refractivity contribution in [1.82, 2.24) is 5.32 Å². The zero-order chi connectivity index (χ0) is 12.2. The fourth-order valence-corrected chi connectivity index (χ4v) is 2.83. The minimum atomic E-state index is -1.36. The molecule has 0 spiro atoms. The third kappa shape index (κ3) is 3.10. The highest BCUT2D eigenvalue weighted by Gasteiger charge is 2.21. The van der Waals surface area contributed by atoms with Crippen molar-refractivity contribution in [3.05, 3.63) is 24.3 Å². The van der Waals surface area contributed by atoms with Gasteiger partial charge in [0.1, 0.15) is 5.75 Å². The van der Waals surface area contributed by atoms with Crippen LogP contribution in [-0.2, 0) is 0 Å². The molecule has 0 aliphatic heterocycles. The molecule has 0 unspecified atom stereocenters. The predicted octanol–water partition coefficient (Wildman–Crippen LogP) is 2.34. The van der Waals surface area contributed by atoms with Gasteiger partial charge in [-0.05, 0) is 12.1 Å². The van der Waals surface area contributed by atoms with E-state index in [9.17, 15) is 4.79 Å². The number of carbonyl (C=O) groups is 1. The number of benzene rings is 1. The molecule has 1 N–H and O–H groups in total. The smallest absolute Gasteiger partial charge is 0.410 e. The van der Waals surface area contributed by atoms with Crippen molar-refractivity contribution in [1.29, 1.82) is 0 Å². The van der Waals surface area contributed by atoms with Gasteiger partial charge in [-0.3, -0.25) is 0 Å². The molecule has 1 aromatic rings. The lowest BCUT2D eigenvalue weighted by molar-refractivity contribution is 0.203. The first-order valence-corrected chi connectivity index (χ1v) is 8.70. The second-order valence-corrected chi connectivity index (χ2v) is 9.46. The molecule has 0 radical (unpaired) electrons. The van der Waals surface area contributed by atoms with Crippen LogP contribution in [0.15, 0.2) is 24.3 Å². The van der Waals surface area contributed by atoms with Crippen LogP contribution in [0.3, 0.4) is 0 Å². The molecule has 88 valence electrons. The van der Waals surface area contributed by atoms with Gasteiger partial charge in [0.15, 0.2) is 0 Å². The first kappa shape index (κ1) is 12.8. The molecule has 4 heteroatoms. The minimum Gasteiger partial charge on any atom is -0.410 e. The summed E-state index contributed by atoms with van der Waals surface area (Å²) in [6.45, 7) is 6.83. The lowest BCUT2D eigenvalue weighted by Gasteiger charge is -2.21. The third-order valence-corrected chi connectivity index (χ3v) is 6.56. The maximum Gasteiger partial charge on any atom is 0.412 e. The van der Waals surface area contributed by atoms with E-state index in [1.54, 1.807) is 13.1 Å². The van der Waals surface area contributed by atoms with Crippen LogP contribution in [0.2, 0.25) is 19.1 Å². The first-order chi connectivity index (χ1) is 7.49. The molecule has 1 aromatic carbocycles. The zero-order valence-corrected chi connectivity index (χ0v) is 11.3. The highest BCUT2D eigenvalue weighted by molar-refractivity contribution is 6.89. The van der Waals surface area contributed by atoms with Gasteiger partial charge in [-0.15, -0.1) is 0 Å². The molecular weight excluding hydrogens is 218 g/mol. The molecule has 0 saturated heterocycles. The Morgan fingerprint density at radius 3 is 2.69 bits per heavy atom. The van der Waals surface area contributed by atoms with E-state index in [1.807, 2.05) is 12.1 Å². The van der Waals surface area contributed by atoms with Gasteiger partial charge in [0.2, 0.25) is 0 Å². The molecule has 0 atom stereocenters. The van der Waals surface area contributed by atoms with Gasteiger partial charge in [0.05, 0.1) is 8.07 Å². The Morgan fingerprint density at radius 1 is 1.44 bits per heavy atom. The van der Waals surface area contributed by atoms with E-state index >= 15 is 0 Å². The van der Waals surface area contributed by atoms with Crippen molar-refractivity contribution in [2.45, 2.75) is 26.1 Å². The molecule has 16 heavy (non-hydrogen) atoms. The number of rotatable bonds is 3. The Kier molecular flexibility index (Phi) is 4.12. The highest BCUT2D eigenvalue weighted by atomic mass is 28.3. The van der Waals surface area contributed by atoms with Crippen molar-refractivity contribution in [2.24, 2.45) is 0 Å². The topological polar surface area (TPSA) is 38.3 Å². The molecule has 0 fully saturated rings. The van der Waals surface area contributed by atoms with E-state index in [1.165, 1.54) is 11.2 Å². The van der Waals surface area contributed by atoms with Crippen molar-refractivity contribution >= 4 is 19.4 Å². The van der Waals surface area contributed by atoms with E-state index in [-0.39, 0.29) is 0 Å². The summed E-state index contributed by atoms with van der Waals surface area (Å²) >= 11 is 0. The molecule has 1 amide bonds. The van der Waals surface area contributed by atoms with Crippen LogP contribution < -0.4 is 15.2 Å². The molecule has 1 rings (SSSR count). The van der Waals surface area contributed by atoms with Gasteiger partial charge >= 0.3 is 6.09 Å². The summed E-state index contributed by atoms with van der Waals surface area (Å²) in [7, 11) is 0.195. The van der Waals surface area contributed by atoms with Crippen LogP contribution in [0, 0.1) is 0 Å². The standard InChI is InChI=1S/C12H19NO2Si/c1-5-16(3,4)11-8-6-7-10(9-11)15-12(14)13-2/h6-9H,5H2,1-4H3,(H,13,14). The summed E-state index contributed by atoms with van der Waals surface area (Å²) in [4.78, 5) is 11.1. The Labute approximate surface area is 97.8 Å². The van der Waals surface area contributed by atoms with E-state index in [4.69, 9.17) is 4.74 Å². The van der Waals surface area contributed by atoms with Gasteiger partial charge in [-0.25, -0.2) is 4.79 Å². The first-order valence-electron chi connectivity index (χ1n) is 5.49. The van der Waals surface area contributed by atoms with E-state index in [0.29, 0.717) is 5.75 Å². The largest absolute Gasteiger partial charge is 0.412 e. The number of carbonyl (C=O) groups excluding carboxylic acids is 1. The molecule has 0 aromatic heterocycles. The average Bonchev–Trinajstić information content (AvgIpc) is 2.29. The number of hydrogen-bond donors (Lipinski definition) is 1. The van der Waals surface area contributed by atoms with Crippen LogP contribution in [0.5, 0.6) is 5.75 Å². The second kappa shape index (κ2) is 5.16. The quantitative estimate of drug-likeness (QED) is 0.819. The van der Waals surface area contributed by atoms with Crippen molar-refractivity contribution in [3.63, 3.8) is 0 Å². The van der Waals surface area contributed by atoms with E-state index < -0.39 is 14.2 Å². The third-order valence-electron chi connectivity index (χ3n) is 2.91. The number of amides is 1. The fourth-order valence-electron chi connectivity index (χ4n) is 1.34. The lowest BCUT2D eigenvalue weighted by Crippen LogP contribution is -2.40. The van der Waals surface area contributed by atoms with Crippen molar-refractivity contribution < 1.29 is 9.53 Å². The van der Waals surface area contributed by atoms with Gasteiger partial charge in [0, 0.05) is 7.05 Å². The summed E-state index contributed by atoms with van der Waals surface area (Å²) in [6.07, 6.45) is -0.423. The summed E-state index contributed by atoms with van der Waals surface area (Å²) in [5, 5.41) is 3.75. The maximum absolute atomic E-state index is 11.1. The summed E-state index contributed by atoms with van der Waals surface area (Å²) in [5.74, 6) is 0.617. The minimum absolute atomic E-state index is 0.423. The predicted molar refractivity (Wildman–Crippen MR) is 69.1 cm³/mol.